The molecule has 1 saturated heterocycles. The summed E-state index contributed by atoms with van der Waals surface area (Å²) in [6, 6.07) is 0. The molecular weight excluding hydrogens is 190 g/mol. The van der Waals surface area contributed by atoms with Gasteiger partial charge in [0.1, 0.15) is 0 Å². The first-order chi connectivity index (χ1) is 6.06. The molecule has 6 heteroatoms. The minimum Gasteiger partial charge on any atom is -0.329 e. The summed E-state index contributed by atoms with van der Waals surface area (Å²) < 4.78 is 26.9. The maximum atomic E-state index is 11.5. The van der Waals surface area contributed by atoms with E-state index in [-0.39, 0.29) is 0 Å². The lowest BCUT2D eigenvalue weighted by atomic mass is 10.2. The summed E-state index contributed by atoms with van der Waals surface area (Å²) in [5.74, 6) is 0.467. The van der Waals surface area contributed by atoms with Gasteiger partial charge >= 0.3 is 0 Å². The molecule has 1 rings (SSSR count). The summed E-state index contributed by atoms with van der Waals surface area (Å²) in [6.07, 6.45) is 0.948. The highest BCUT2D eigenvalue weighted by molar-refractivity contribution is 7.87. The van der Waals surface area contributed by atoms with Gasteiger partial charge in [-0.25, -0.2) is 4.72 Å². The number of hydrogen-bond donors (Lipinski definition) is 2. The zero-order valence-electron chi connectivity index (χ0n) is 7.86. The van der Waals surface area contributed by atoms with E-state index in [0.29, 0.717) is 32.1 Å². The van der Waals surface area contributed by atoms with Crippen molar-refractivity contribution in [1.29, 1.82) is 0 Å². The topological polar surface area (TPSA) is 75.4 Å². The van der Waals surface area contributed by atoms with Gasteiger partial charge in [-0.15, -0.1) is 0 Å². The van der Waals surface area contributed by atoms with Crippen LogP contribution in [-0.2, 0) is 10.2 Å². The summed E-state index contributed by atoms with van der Waals surface area (Å²) >= 11 is 0. The fourth-order valence-electron chi connectivity index (χ4n) is 1.39. The number of nitrogens with zero attached hydrogens (tertiary/aromatic N) is 1. The third kappa shape index (κ3) is 2.91. The molecule has 0 unspecified atom stereocenters. The Kier molecular flexibility index (Phi) is 3.66. The molecule has 0 aromatic rings. The summed E-state index contributed by atoms with van der Waals surface area (Å²) in [7, 11) is -3.25. The van der Waals surface area contributed by atoms with Gasteiger partial charge in [0, 0.05) is 26.2 Å². The fraction of sp³-hybridized carbons (Fsp3) is 1.00. The van der Waals surface area contributed by atoms with Crippen molar-refractivity contribution in [2.24, 2.45) is 11.7 Å². The molecule has 0 spiro atoms. The second-order valence-corrected chi connectivity index (χ2v) is 5.20. The standard InChI is InChI=1S/C7H17N3O2S/c1-7-2-5-10(6-7)13(11,12)9-4-3-8/h7,9H,2-6,8H2,1H3/t7-/m1/s1. The van der Waals surface area contributed by atoms with Gasteiger partial charge in [0.2, 0.25) is 0 Å². The van der Waals surface area contributed by atoms with Gasteiger partial charge in [-0.2, -0.15) is 12.7 Å². The van der Waals surface area contributed by atoms with Crippen molar-refractivity contribution in [3.05, 3.63) is 0 Å². The molecule has 0 bridgehead atoms. The second kappa shape index (κ2) is 4.36. The second-order valence-electron chi connectivity index (χ2n) is 3.44. The average Bonchev–Trinajstić information content (AvgIpc) is 2.49. The van der Waals surface area contributed by atoms with Crippen LogP contribution in [0.5, 0.6) is 0 Å². The van der Waals surface area contributed by atoms with Gasteiger partial charge in [-0.05, 0) is 12.3 Å². The van der Waals surface area contributed by atoms with Crippen LogP contribution >= 0.6 is 0 Å². The van der Waals surface area contributed by atoms with Crippen LogP contribution in [0.1, 0.15) is 13.3 Å². The van der Waals surface area contributed by atoms with Gasteiger partial charge in [-0.3, -0.25) is 0 Å². The molecule has 0 radical (unpaired) electrons. The van der Waals surface area contributed by atoms with E-state index in [1.165, 1.54) is 4.31 Å². The molecule has 1 atom stereocenters. The molecule has 1 heterocycles. The van der Waals surface area contributed by atoms with E-state index >= 15 is 0 Å². The van der Waals surface area contributed by atoms with Crippen molar-refractivity contribution >= 4 is 10.2 Å². The van der Waals surface area contributed by atoms with Crippen LogP contribution in [0.25, 0.3) is 0 Å². The van der Waals surface area contributed by atoms with E-state index < -0.39 is 10.2 Å². The predicted octanol–water partition coefficient (Wildman–Crippen LogP) is -0.879. The maximum absolute atomic E-state index is 11.5. The summed E-state index contributed by atoms with van der Waals surface area (Å²) in [5.41, 5.74) is 5.22. The first-order valence-corrected chi connectivity index (χ1v) is 5.95. The Balaban J connectivity index is 2.50. The largest absolute Gasteiger partial charge is 0.329 e. The van der Waals surface area contributed by atoms with Crippen molar-refractivity contribution < 1.29 is 8.42 Å². The smallest absolute Gasteiger partial charge is 0.279 e. The normalized spacial score (nSPS) is 25.2. The Labute approximate surface area is 79.5 Å². The van der Waals surface area contributed by atoms with Crippen molar-refractivity contribution in [1.82, 2.24) is 9.03 Å². The highest BCUT2D eigenvalue weighted by Crippen LogP contribution is 2.17. The zero-order chi connectivity index (χ0) is 9.90. The maximum Gasteiger partial charge on any atom is 0.279 e. The first kappa shape index (κ1) is 10.9. The molecule has 78 valence electrons. The van der Waals surface area contributed by atoms with Crippen molar-refractivity contribution in [3.63, 3.8) is 0 Å². The van der Waals surface area contributed by atoms with Gasteiger partial charge < -0.3 is 5.73 Å². The molecule has 0 amide bonds. The van der Waals surface area contributed by atoms with Crippen LogP contribution in [0, 0.1) is 5.92 Å². The molecule has 3 N–H and O–H groups in total. The zero-order valence-corrected chi connectivity index (χ0v) is 8.68. The molecular formula is C7H17N3O2S. The van der Waals surface area contributed by atoms with E-state index in [1.54, 1.807) is 0 Å². The Hall–Kier alpha value is -0.170. The summed E-state index contributed by atoms with van der Waals surface area (Å²) in [4.78, 5) is 0. The first-order valence-electron chi connectivity index (χ1n) is 4.51. The predicted molar refractivity (Wildman–Crippen MR) is 51.3 cm³/mol. The van der Waals surface area contributed by atoms with Crippen LogP contribution in [0.3, 0.4) is 0 Å². The van der Waals surface area contributed by atoms with Gasteiger partial charge in [0.15, 0.2) is 0 Å². The van der Waals surface area contributed by atoms with Gasteiger partial charge in [0.25, 0.3) is 10.2 Å². The minimum atomic E-state index is -3.25. The van der Waals surface area contributed by atoms with Crippen molar-refractivity contribution in [2.45, 2.75) is 13.3 Å². The Bertz CT molecular complexity index is 252. The molecule has 0 aromatic heterocycles. The van der Waals surface area contributed by atoms with Crippen molar-refractivity contribution in [3.8, 4) is 0 Å². The molecule has 1 fully saturated rings. The monoisotopic (exact) mass is 207 g/mol. The Morgan fingerprint density at radius 1 is 1.62 bits per heavy atom. The summed E-state index contributed by atoms with van der Waals surface area (Å²) in [5, 5.41) is 0. The lowest BCUT2D eigenvalue weighted by Crippen LogP contribution is -2.41. The molecule has 0 saturated carbocycles. The van der Waals surface area contributed by atoms with Crippen molar-refractivity contribution in [2.75, 3.05) is 26.2 Å². The van der Waals surface area contributed by atoms with Crippen LogP contribution in [0.15, 0.2) is 0 Å². The number of nitrogens with two attached hydrogens (primary N) is 1. The van der Waals surface area contributed by atoms with Gasteiger partial charge in [0.05, 0.1) is 0 Å². The van der Waals surface area contributed by atoms with Crippen LogP contribution in [-0.4, -0.2) is 38.9 Å². The third-order valence-corrected chi connectivity index (χ3v) is 3.74. The lowest BCUT2D eigenvalue weighted by Gasteiger charge is -2.15. The third-order valence-electron chi connectivity index (χ3n) is 2.16. The molecule has 0 aliphatic carbocycles. The van der Waals surface area contributed by atoms with E-state index in [0.717, 1.165) is 6.42 Å². The SMILES string of the molecule is C[C@@H]1CCN(S(=O)(=O)NCCN)C1. The minimum absolute atomic E-state index is 0.313. The van der Waals surface area contributed by atoms with E-state index in [1.807, 2.05) is 0 Å². The molecule has 13 heavy (non-hydrogen) atoms. The van der Waals surface area contributed by atoms with E-state index in [2.05, 4.69) is 11.6 Å². The number of nitrogens with one attached hydrogen (secondary N) is 1. The highest BCUT2D eigenvalue weighted by atomic mass is 32.2. The quantitative estimate of drug-likeness (QED) is 0.628. The van der Waals surface area contributed by atoms with Crippen LogP contribution in [0.4, 0.5) is 0 Å². The van der Waals surface area contributed by atoms with Crippen LogP contribution < -0.4 is 10.5 Å². The molecule has 0 aromatic carbocycles. The fourth-order valence-corrected chi connectivity index (χ4v) is 2.75. The highest BCUT2D eigenvalue weighted by Gasteiger charge is 2.28. The lowest BCUT2D eigenvalue weighted by molar-refractivity contribution is 0.454. The summed E-state index contributed by atoms with van der Waals surface area (Å²) in [6.45, 7) is 3.95. The average molecular weight is 207 g/mol. The Morgan fingerprint density at radius 2 is 2.31 bits per heavy atom. The molecule has 5 nitrogen and oxygen atoms in total. The Morgan fingerprint density at radius 3 is 2.77 bits per heavy atom. The van der Waals surface area contributed by atoms with Gasteiger partial charge in [-0.1, -0.05) is 6.92 Å². The molecule has 1 aliphatic heterocycles. The van der Waals surface area contributed by atoms with E-state index in [4.69, 9.17) is 5.73 Å². The number of rotatable bonds is 4. The molecule has 1 aliphatic rings. The number of hydrogen-bond acceptors (Lipinski definition) is 3. The van der Waals surface area contributed by atoms with Crippen LogP contribution in [0.2, 0.25) is 0 Å². The van der Waals surface area contributed by atoms with E-state index in [9.17, 15) is 8.42 Å².